The van der Waals surface area contributed by atoms with Gasteiger partial charge in [0.15, 0.2) is 11.2 Å². The highest BCUT2D eigenvalue weighted by Crippen LogP contribution is 2.41. The number of β-amino-alcohol motifs (C(OH)–C–C–N with tert-alkyl or cyclic N) is 2. The quantitative estimate of drug-likeness (QED) is 0.738. The zero-order chi connectivity index (χ0) is 20.3. The van der Waals surface area contributed by atoms with E-state index in [9.17, 15) is 36.6 Å². The van der Waals surface area contributed by atoms with Gasteiger partial charge in [0, 0.05) is 37.7 Å². The van der Waals surface area contributed by atoms with Crippen LogP contribution in [0.1, 0.15) is 18.4 Å². The minimum Gasteiger partial charge on any atom is -0.379 e. The van der Waals surface area contributed by atoms with E-state index >= 15 is 0 Å². The van der Waals surface area contributed by atoms with E-state index in [4.69, 9.17) is 0 Å². The molecule has 0 spiro atoms. The first-order chi connectivity index (χ1) is 12.3. The van der Waals surface area contributed by atoms with Crippen LogP contribution in [-0.4, -0.2) is 69.9 Å². The van der Waals surface area contributed by atoms with Gasteiger partial charge in [0.1, 0.15) is 5.82 Å². The van der Waals surface area contributed by atoms with Crippen LogP contribution < -0.4 is 9.80 Å². The van der Waals surface area contributed by atoms with Gasteiger partial charge in [-0.15, -0.1) is 0 Å². The van der Waals surface area contributed by atoms with Crippen molar-refractivity contribution in [3.63, 3.8) is 0 Å². The second-order valence-electron chi connectivity index (χ2n) is 7.08. The Morgan fingerprint density at radius 1 is 0.926 bits per heavy atom. The molecule has 0 aromatic carbocycles. The van der Waals surface area contributed by atoms with Crippen molar-refractivity contribution in [2.75, 3.05) is 36.0 Å². The molecule has 152 valence electrons. The molecule has 1 aromatic rings. The maximum absolute atomic E-state index is 13.0. The van der Waals surface area contributed by atoms with Gasteiger partial charge >= 0.3 is 12.4 Å². The van der Waals surface area contributed by atoms with Gasteiger partial charge in [-0.3, -0.25) is 0 Å². The van der Waals surface area contributed by atoms with Crippen LogP contribution in [0.4, 0.5) is 38.1 Å². The number of halogens is 6. The second kappa shape index (κ2) is 6.09. The van der Waals surface area contributed by atoms with Gasteiger partial charge in [0.05, 0.1) is 13.1 Å². The Kier molecular flexibility index (Phi) is 4.50. The Morgan fingerprint density at radius 3 is 1.89 bits per heavy atom. The summed E-state index contributed by atoms with van der Waals surface area (Å²) >= 11 is 0. The molecule has 1 aromatic heterocycles. The zero-order valence-electron chi connectivity index (χ0n) is 14.3. The van der Waals surface area contributed by atoms with E-state index in [1.807, 2.05) is 0 Å². The second-order valence-corrected chi connectivity index (χ2v) is 7.08. The topological polar surface area (TPSA) is 72.7 Å². The fraction of sp³-hybridized carbons (Fsp3) is 0.733. The van der Waals surface area contributed by atoms with Gasteiger partial charge in [-0.25, -0.2) is 4.98 Å². The third-order valence-corrected chi connectivity index (χ3v) is 5.07. The van der Waals surface area contributed by atoms with E-state index in [0.29, 0.717) is 5.56 Å². The van der Waals surface area contributed by atoms with Crippen LogP contribution in [0.3, 0.4) is 0 Å². The predicted octanol–water partition coefficient (Wildman–Crippen LogP) is 1.79. The molecule has 0 bridgehead atoms. The predicted molar refractivity (Wildman–Crippen MR) is 82.4 cm³/mol. The van der Waals surface area contributed by atoms with Crippen molar-refractivity contribution >= 4 is 11.8 Å². The third-order valence-electron chi connectivity index (χ3n) is 5.07. The molecule has 2 fully saturated rings. The van der Waals surface area contributed by atoms with Crippen molar-refractivity contribution in [1.82, 2.24) is 9.97 Å². The summed E-state index contributed by atoms with van der Waals surface area (Å²) in [6.45, 7) is -0.184. The maximum atomic E-state index is 13.0. The van der Waals surface area contributed by atoms with Crippen LogP contribution in [0.25, 0.3) is 0 Å². The Labute approximate surface area is 150 Å². The van der Waals surface area contributed by atoms with Gasteiger partial charge in [0.25, 0.3) is 0 Å². The smallest absolute Gasteiger partial charge is 0.379 e. The first-order valence-corrected chi connectivity index (χ1v) is 8.18. The number of hydrogen-bond donors (Lipinski definition) is 2. The molecule has 2 saturated heterocycles. The normalized spacial score (nSPS) is 29.7. The molecule has 0 amide bonds. The number of anilines is 2. The number of aromatic nitrogens is 2. The molecule has 6 nitrogen and oxygen atoms in total. The van der Waals surface area contributed by atoms with E-state index in [2.05, 4.69) is 9.97 Å². The number of aliphatic hydroxyl groups is 2. The first kappa shape index (κ1) is 19.9. The summed E-state index contributed by atoms with van der Waals surface area (Å²) in [5, 5.41) is 19.6. The van der Waals surface area contributed by atoms with Crippen LogP contribution in [-0.2, 0) is 0 Å². The molecule has 0 radical (unpaired) electrons. The molecule has 3 heterocycles. The van der Waals surface area contributed by atoms with Gasteiger partial charge in [-0.2, -0.15) is 31.3 Å². The summed E-state index contributed by atoms with van der Waals surface area (Å²) < 4.78 is 77.9. The molecular formula is C15H18F6N4O2. The van der Waals surface area contributed by atoms with Crippen molar-refractivity contribution in [3.8, 4) is 0 Å². The van der Waals surface area contributed by atoms with Crippen molar-refractivity contribution in [1.29, 1.82) is 0 Å². The molecule has 2 unspecified atom stereocenters. The summed E-state index contributed by atoms with van der Waals surface area (Å²) in [5.74, 6) is 0.000784. The standard InChI is InChI=1S/C15H18F6N4O2/c1-9-6-22-11(25-5-3-13(27,8-25)15(19,20)21)23-10(9)24-4-2-12(26,7-24)14(16,17)18/h6,26-27H,2-5,7-8H2,1H3. The van der Waals surface area contributed by atoms with Crippen LogP contribution >= 0.6 is 0 Å². The third kappa shape index (κ3) is 3.40. The Morgan fingerprint density at radius 2 is 1.41 bits per heavy atom. The zero-order valence-corrected chi connectivity index (χ0v) is 14.3. The molecular weight excluding hydrogens is 382 g/mol. The van der Waals surface area contributed by atoms with Gasteiger partial charge in [-0.1, -0.05) is 0 Å². The molecule has 3 rings (SSSR count). The van der Waals surface area contributed by atoms with Crippen molar-refractivity contribution < 1.29 is 36.6 Å². The highest BCUT2D eigenvalue weighted by molar-refractivity contribution is 5.51. The van der Waals surface area contributed by atoms with Crippen LogP contribution in [0.2, 0.25) is 0 Å². The summed E-state index contributed by atoms with van der Waals surface area (Å²) in [6, 6.07) is 0. The largest absolute Gasteiger partial charge is 0.419 e. The molecule has 0 aliphatic carbocycles. The fourth-order valence-electron chi connectivity index (χ4n) is 3.30. The van der Waals surface area contributed by atoms with E-state index in [1.54, 1.807) is 6.92 Å². The average Bonchev–Trinajstić information content (AvgIpc) is 3.12. The molecule has 2 aliphatic heterocycles. The van der Waals surface area contributed by atoms with E-state index < -0.39 is 49.5 Å². The van der Waals surface area contributed by atoms with Gasteiger partial charge in [-0.05, 0) is 6.92 Å². The summed E-state index contributed by atoms with van der Waals surface area (Å²) in [7, 11) is 0. The molecule has 2 aliphatic rings. The Balaban J connectivity index is 1.83. The van der Waals surface area contributed by atoms with E-state index in [0.717, 1.165) is 4.90 Å². The average molecular weight is 400 g/mol. The van der Waals surface area contributed by atoms with E-state index in [1.165, 1.54) is 11.1 Å². The summed E-state index contributed by atoms with van der Waals surface area (Å²) in [4.78, 5) is 10.4. The number of rotatable bonds is 2. The lowest BCUT2D eigenvalue weighted by atomic mass is 10.0. The van der Waals surface area contributed by atoms with E-state index in [-0.39, 0.29) is 24.9 Å². The van der Waals surface area contributed by atoms with Crippen LogP contribution in [0, 0.1) is 6.92 Å². The fourth-order valence-corrected chi connectivity index (χ4v) is 3.30. The molecule has 27 heavy (non-hydrogen) atoms. The molecule has 2 atom stereocenters. The minimum absolute atomic E-state index is 0.111. The lowest BCUT2D eigenvalue weighted by Gasteiger charge is -2.28. The molecule has 2 N–H and O–H groups in total. The molecule has 0 saturated carbocycles. The Bertz CT molecular complexity index is 727. The lowest BCUT2D eigenvalue weighted by Crippen LogP contribution is -2.47. The first-order valence-electron chi connectivity index (χ1n) is 8.18. The number of alkyl halides is 6. The highest BCUT2D eigenvalue weighted by atomic mass is 19.4. The molecule has 12 heteroatoms. The monoisotopic (exact) mass is 400 g/mol. The van der Waals surface area contributed by atoms with Crippen molar-refractivity contribution in [3.05, 3.63) is 11.8 Å². The van der Waals surface area contributed by atoms with Crippen LogP contribution in [0.5, 0.6) is 0 Å². The van der Waals surface area contributed by atoms with Gasteiger partial charge in [0.2, 0.25) is 5.95 Å². The summed E-state index contributed by atoms with van der Waals surface area (Å²) in [6.07, 6.45) is -9.40. The summed E-state index contributed by atoms with van der Waals surface area (Å²) in [5.41, 5.74) is -5.32. The highest BCUT2D eigenvalue weighted by Gasteiger charge is 2.58. The SMILES string of the molecule is Cc1cnc(N2CCC(O)(C(F)(F)F)C2)nc1N1CCC(O)(C(F)(F)F)C1. The van der Waals surface area contributed by atoms with Crippen molar-refractivity contribution in [2.45, 2.75) is 43.3 Å². The van der Waals surface area contributed by atoms with Crippen LogP contribution in [0.15, 0.2) is 6.20 Å². The van der Waals surface area contributed by atoms with Gasteiger partial charge < -0.3 is 20.0 Å². The maximum Gasteiger partial charge on any atom is 0.419 e. The number of hydrogen-bond acceptors (Lipinski definition) is 6. The minimum atomic E-state index is -4.81. The van der Waals surface area contributed by atoms with Crippen molar-refractivity contribution in [2.24, 2.45) is 0 Å². The number of nitrogens with zero attached hydrogens (tertiary/aromatic N) is 4. The Hall–Kier alpha value is -1.82. The number of aryl methyl sites for hydroxylation is 1. The lowest BCUT2D eigenvalue weighted by molar-refractivity contribution is -0.250.